The van der Waals surface area contributed by atoms with Crippen molar-refractivity contribution in [2.45, 2.75) is 19.9 Å². The summed E-state index contributed by atoms with van der Waals surface area (Å²) in [7, 11) is 2.26. The van der Waals surface area contributed by atoms with Crippen molar-refractivity contribution < 1.29 is 0 Å². The van der Waals surface area contributed by atoms with E-state index in [-0.39, 0.29) is 24.8 Å². The molecule has 5 heteroatoms. The molecule has 1 saturated heterocycles. The number of halogens is 2. The fourth-order valence-electron chi connectivity index (χ4n) is 3.17. The number of nitrogens with one attached hydrogen (secondary N) is 1. The van der Waals surface area contributed by atoms with Gasteiger partial charge in [0.1, 0.15) is 0 Å². The molecule has 1 aromatic carbocycles. The molecule has 2 rings (SSSR count). The molecule has 1 unspecified atom stereocenters. The quantitative estimate of drug-likeness (QED) is 0.852. The lowest BCUT2D eigenvalue weighted by atomic mass is 9.95. The zero-order chi connectivity index (χ0) is 14.4. The van der Waals surface area contributed by atoms with Gasteiger partial charge in [-0.25, -0.2) is 0 Å². The average Bonchev–Trinajstić information content (AvgIpc) is 2.47. The summed E-state index contributed by atoms with van der Waals surface area (Å²) in [6.07, 6.45) is 0. The molecule has 1 heterocycles. The average molecular weight is 348 g/mol. The molecule has 0 bridgehead atoms. The van der Waals surface area contributed by atoms with Crippen LogP contribution < -0.4 is 5.32 Å². The van der Waals surface area contributed by atoms with Gasteiger partial charge in [0.25, 0.3) is 0 Å². The first kappa shape index (κ1) is 21.7. The van der Waals surface area contributed by atoms with Crippen LogP contribution in [0.3, 0.4) is 0 Å². The smallest absolute Gasteiger partial charge is 0.0368 e. The number of hydrogen-bond acceptors (Lipinski definition) is 3. The second kappa shape index (κ2) is 11.3. The molecule has 0 amide bonds. The van der Waals surface area contributed by atoms with Crippen LogP contribution in [-0.4, -0.2) is 56.1 Å². The van der Waals surface area contributed by atoms with Crippen molar-refractivity contribution in [3.63, 3.8) is 0 Å². The monoisotopic (exact) mass is 347 g/mol. The molecule has 3 nitrogen and oxygen atoms in total. The third-order valence-corrected chi connectivity index (χ3v) is 4.23. The van der Waals surface area contributed by atoms with Crippen molar-refractivity contribution >= 4 is 24.8 Å². The Labute approximate surface area is 148 Å². The molecule has 0 radical (unpaired) electrons. The minimum Gasteiger partial charge on any atom is -0.314 e. The molecule has 1 fully saturated rings. The molecule has 0 spiro atoms. The van der Waals surface area contributed by atoms with Crippen LogP contribution in [0, 0.1) is 5.92 Å². The summed E-state index contributed by atoms with van der Waals surface area (Å²) in [6, 6.07) is 11.4. The van der Waals surface area contributed by atoms with E-state index >= 15 is 0 Å². The first-order valence-electron chi connectivity index (χ1n) is 7.86. The van der Waals surface area contributed by atoms with Crippen LogP contribution in [-0.2, 0) is 0 Å². The third kappa shape index (κ3) is 6.43. The van der Waals surface area contributed by atoms with Crippen LogP contribution in [0.25, 0.3) is 0 Å². The molecular formula is C17H31Cl2N3. The molecule has 0 saturated carbocycles. The van der Waals surface area contributed by atoms with Crippen molar-refractivity contribution in [3.05, 3.63) is 35.9 Å². The Morgan fingerprint density at radius 3 is 2.23 bits per heavy atom. The number of nitrogens with zero attached hydrogens (tertiary/aromatic N) is 2. The van der Waals surface area contributed by atoms with E-state index in [9.17, 15) is 0 Å². The molecule has 128 valence electrons. The van der Waals surface area contributed by atoms with Gasteiger partial charge in [0, 0.05) is 45.3 Å². The van der Waals surface area contributed by atoms with E-state index in [0.717, 1.165) is 19.6 Å². The summed E-state index contributed by atoms with van der Waals surface area (Å²) in [4.78, 5) is 5.08. The highest BCUT2D eigenvalue weighted by Gasteiger charge is 2.21. The zero-order valence-electron chi connectivity index (χ0n) is 14.0. The molecule has 1 aromatic rings. The Bertz CT molecular complexity index is 381. The standard InChI is InChI=1S/C17H29N3.2ClH/c1-15(2)17(16-7-5-4-6-8-16)19(3)13-14-20-11-9-18-10-12-20;;/h4-8,15,17-18H,9-14H2,1-3H3;2*1H. The topological polar surface area (TPSA) is 18.5 Å². The summed E-state index contributed by atoms with van der Waals surface area (Å²) < 4.78 is 0. The van der Waals surface area contributed by atoms with Gasteiger partial charge >= 0.3 is 0 Å². The number of likely N-dealkylation sites (N-methyl/N-ethyl adjacent to an activating group) is 1. The lowest BCUT2D eigenvalue weighted by molar-refractivity contribution is 0.152. The highest BCUT2D eigenvalue weighted by Crippen LogP contribution is 2.26. The van der Waals surface area contributed by atoms with Crippen molar-refractivity contribution in [3.8, 4) is 0 Å². The second-order valence-corrected chi connectivity index (χ2v) is 6.17. The Hall–Kier alpha value is -0.320. The Balaban J connectivity index is 0.00000220. The number of rotatable bonds is 6. The second-order valence-electron chi connectivity index (χ2n) is 6.17. The lowest BCUT2D eigenvalue weighted by Crippen LogP contribution is -2.46. The summed E-state index contributed by atoms with van der Waals surface area (Å²) >= 11 is 0. The van der Waals surface area contributed by atoms with E-state index in [2.05, 4.69) is 66.3 Å². The summed E-state index contributed by atoms with van der Waals surface area (Å²) in [5.74, 6) is 0.630. The highest BCUT2D eigenvalue weighted by molar-refractivity contribution is 5.85. The van der Waals surface area contributed by atoms with E-state index in [4.69, 9.17) is 0 Å². The number of benzene rings is 1. The van der Waals surface area contributed by atoms with Gasteiger partial charge in [-0.15, -0.1) is 24.8 Å². The number of piperazine rings is 1. The van der Waals surface area contributed by atoms with Gasteiger partial charge in [-0.05, 0) is 18.5 Å². The highest BCUT2D eigenvalue weighted by atomic mass is 35.5. The van der Waals surface area contributed by atoms with Gasteiger partial charge in [-0.2, -0.15) is 0 Å². The van der Waals surface area contributed by atoms with Crippen LogP contribution in [0.5, 0.6) is 0 Å². The van der Waals surface area contributed by atoms with E-state index in [1.54, 1.807) is 0 Å². The van der Waals surface area contributed by atoms with Crippen molar-refractivity contribution in [2.24, 2.45) is 5.92 Å². The van der Waals surface area contributed by atoms with E-state index in [0.29, 0.717) is 12.0 Å². The van der Waals surface area contributed by atoms with Crippen LogP contribution in [0.4, 0.5) is 0 Å². The Kier molecular flexibility index (Phi) is 11.1. The van der Waals surface area contributed by atoms with Crippen LogP contribution in [0.1, 0.15) is 25.5 Å². The lowest BCUT2D eigenvalue weighted by Gasteiger charge is -2.34. The summed E-state index contributed by atoms with van der Waals surface area (Å²) in [6.45, 7) is 11.6. The molecule has 1 atom stereocenters. The van der Waals surface area contributed by atoms with E-state index in [1.165, 1.54) is 25.2 Å². The van der Waals surface area contributed by atoms with Crippen molar-refractivity contribution in [2.75, 3.05) is 46.3 Å². The van der Waals surface area contributed by atoms with Crippen molar-refractivity contribution in [1.82, 2.24) is 15.1 Å². The molecule has 1 aliphatic rings. The van der Waals surface area contributed by atoms with Crippen molar-refractivity contribution in [1.29, 1.82) is 0 Å². The Morgan fingerprint density at radius 1 is 1.09 bits per heavy atom. The number of hydrogen-bond donors (Lipinski definition) is 1. The van der Waals surface area contributed by atoms with E-state index in [1.807, 2.05) is 0 Å². The fourth-order valence-corrected chi connectivity index (χ4v) is 3.17. The molecule has 22 heavy (non-hydrogen) atoms. The first-order valence-corrected chi connectivity index (χ1v) is 7.86. The first-order chi connectivity index (χ1) is 9.68. The van der Waals surface area contributed by atoms with Gasteiger partial charge in [-0.3, -0.25) is 9.80 Å². The minimum absolute atomic E-state index is 0. The maximum Gasteiger partial charge on any atom is 0.0368 e. The van der Waals surface area contributed by atoms with Gasteiger partial charge < -0.3 is 5.32 Å². The predicted molar refractivity (Wildman–Crippen MR) is 100 cm³/mol. The van der Waals surface area contributed by atoms with Gasteiger partial charge in [-0.1, -0.05) is 44.2 Å². The molecular weight excluding hydrogens is 317 g/mol. The van der Waals surface area contributed by atoms with Gasteiger partial charge in [0.2, 0.25) is 0 Å². The minimum atomic E-state index is 0. The Morgan fingerprint density at radius 2 is 1.68 bits per heavy atom. The summed E-state index contributed by atoms with van der Waals surface area (Å²) in [5.41, 5.74) is 1.44. The fraction of sp³-hybridized carbons (Fsp3) is 0.647. The predicted octanol–water partition coefficient (Wildman–Crippen LogP) is 3.06. The van der Waals surface area contributed by atoms with Crippen LogP contribution >= 0.6 is 24.8 Å². The normalized spacial score (nSPS) is 17.0. The third-order valence-electron chi connectivity index (χ3n) is 4.23. The molecule has 1 N–H and O–H groups in total. The van der Waals surface area contributed by atoms with Gasteiger partial charge in [0.05, 0.1) is 0 Å². The summed E-state index contributed by atoms with van der Waals surface area (Å²) in [5, 5.41) is 3.41. The van der Waals surface area contributed by atoms with Crippen LogP contribution in [0.15, 0.2) is 30.3 Å². The SMILES string of the molecule is CC(C)C(c1ccccc1)N(C)CCN1CCNCC1.Cl.Cl. The molecule has 0 aliphatic carbocycles. The maximum absolute atomic E-state index is 3.41. The zero-order valence-corrected chi connectivity index (χ0v) is 15.6. The van der Waals surface area contributed by atoms with E-state index < -0.39 is 0 Å². The maximum atomic E-state index is 3.41. The van der Waals surface area contributed by atoms with Crippen LogP contribution in [0.2, 0.25) is 0 Å². The largest absolute Gasteiger partial charge is 0.314 e. The van der Waals surface area contributed by atoms with Gasteiger partial charge in [0.15, 0.2) is 0 Å². The molecule has 0 aromatic heterocycles. The molecule has 1 aliphatic heterocycles.